The first-order valence-corrected chi connectivity index (χ1v) is 7.55. The van der Waals surface area contributed by atoms with E-state index in [0.29, 0.717) is 13.2 Å². The summed E-state index contributed by atoms with van der Waals surface area (Å²) in [6.45, 7) is 4.51. The van der Waals surface area contributed by atoms with Crippen LogP contribution in [0.15, 0.2) is 23.4 Å². The zero-order chi connectivity index (χ0) is 14.5. The summed E-state index contributed by atoms with van der Waals surface area (Å²) < 4.78 is 31.9. The third-order valence-corrected chi connectivity index (χ3v) is 4.17. The highest BCUT2D eigenvalue weighted by Gasteiger charge is 2.23. The molecule has 19 heavy (non-hydrogen) atoms. The van der Waals surface area contributed by atoms with E-state index >= 15 is 0 Å². The van der Waals surface area contributed by atoms with Crippen LogP contribution < -0.4 is 10.5 Å². The Kier molecular flexibility index (Phi) is 5.86. The Hall–Kier alpha value is -1.02. The van der Waals surface area contributed by atoms with Crippen molar-refractivity contribution in [3.63, 3.8) is 0 Å². The third kappa shape index (κ3) is 4.54. The molecule has 0 amide bonds. The number of hydrogen-bond acceptors (Lipinski definition) is 5. The van der Waals surface area contributed by atoms with Gasteiger partial charge in [-0.25, -0.2) is 18.1 Å². The van der Waals surface area contributed by atoms with Crippen LogP contribution in [0.5, 0.6) is 0 Å². The first-order chi connectivity index (χ1) is 8.90. The Morgan fingerprint density at radius 3 is 2.53 bits per heavy atom. The molecule has 3 N–H and O–H groups in total. The van der Waals surface area contributed by atoms with Crippen LogP contribution in [-0.4, -0.2) is 33.2 Å². The van der Waals surface area contributed by atoms with Crippen molar-refractivity contribution in [3.05, 3.63) is 23.9 Å². The van der Waals surface area contributed by atoms with Crippen LogP contribution in [-0.2, 0) is 21.3 Å². The summed E-state index contributed by atoms with van der Waals surface area (Å²) in [4.78, 5) is 3.92. The summed E-state index contributed by atoms with van der Waals surface area (Å²) >= 11 is 0. The molecule has 1 atom stereocenters. The average molecular weight is 287 g/mol. The van der Waals surface area contributed by atoms with Gasteiger partial charge in [0.15, 0.2) is 5.03 Å². The third-order valence-electron chi connectivity index (χ3n) is 2.77. The van der Waals surface area contributed by atoms with Gasteiger partial charge in [-0.3, -0.25) is 0 Å². The van der Waals surface area contributed by atoms with Crippen molar-refractivity contribution < 1.29 is 13.2 Å². The van der Waals surface area contributed by atoms with Gasteiger partial charge in [-0.05, 0) is 17.5 Å². The lowest BCUT2D eigenvalue weighted by Gasteiger charge is -2.21. The Morgan fingerprint density at radius 2 is 2.11 bits per heavy atom. The number of sulfonamides is 1. The Morgan fingerprint density at radius 1 is 1.42 bits per heavy atom. The van der Waals surface area contributed by atoms with Crippen molar-refractivity contribution in [1.29, 1.82) is 0 Å². The van der Waals surface area contributed by atoms with Gasteiger partial charge >= 0.3 is 0 Å². The minimum Gasteiger partial charge on any atom is -0.383 e. The predicted octanol–water partition coefficient (Wildman–Crippen LogP) is 0.490. The molecule has 0 saturated heterocycles. The topological polar surface area (TPSA) is 94.3 Å². The van der Waals surface area contributed by atoms with E-state index in [-0.39, 0.29) is 17.0 Å². The fraction of sp³-hybridized carbons (Fsp3) is 0.583. The molecule has 7 heteroatoms. The average Bonchev–Trinajstić information content (AvgIpc) is 2.38. The molecule has 1 heterocycles. The van der Waals surface area contributed by atoms with Crippen molar-refractivity contribution in [2.45, 2.75) is 31.5 Å². The Balaban J connectivity index is 2.89. The lowest BCUT2D eigenvalue weighted by Crippen LogP contribution is -2.41. The second-order valence-corrected chi connectivity index (χ2v) is 6.30. The van der Waals surface area contributed by atoms with Gasteiger partial charge in [0.05, 0.1) is 6.61 Å². The smallest absolute Gasteiger partial charge is 0.258 e. The van der Waals surface area contributed by atoms with Gasteiger partial charge in [-0.2, -0.15) is 0 Å². The molecule has 0 aliphatic rings. The van der Waals surface area contributed by atoms with Gasteiger partial charge in [0.25, 0.3) is 10.0 Å². The molecule has 0 bridgehead atoms. The molecule has 0 aliphatic carbocycles. The number of aromatic nitrogens is 1. The van der Waals surface area contributed by atoms with E-state index in [1.807, 2.05) is 13.8 Å². The van der Waals surface area contributed by atoms with Gasteiger partial charge in [0, 0.05) is 25.9 Å². The first-order valence-electron chi connectivity index (χ1n) is 6.07. The molecule has 1 unspecified atom stereocenters. The van der Waals surface area contributed by atoms with E-state index < -0.39 is 10.0 Å². The molecule has 108 valence electrons. The number of pyridine rings is 1. The van der Waals surface area contributed by atoms with Crippen molar-refractivity contribution in [2.24, 2.45) is 11.7 Å². The highest BCUT2D eigenvalue weighted by atomic mass is 32.2. The standard InChI is InChI=1S/C12H21N3O3S/c1-9(2)11(8-18-3)15-19(16,17)12-5-4-10(6-13)7-14-12/h4-5,7,9,11,15H,6,8,13H2,1-3H3. The van der Waals surface area contributed by atoms with Gasteiger partial charge in [0.2, 0.25) is 0 Å². The number of methoxy groups -OCH3 is 1. The summed E-state index contributed by atoms with van der Waals surface area (Å²) in [5.41, 5.74) is 6.24. The fourth-order valence-electron chi connectivity index (χ4n) is 1.49. The summed E-state index contributed by atoms with van der Waals surface area (Å²) in [6.07, 6.45) is 1.47. The molecule has 0 spiro atoms. The minimum atomic E-state index is -3.63. The van der Waals surface area contributed by atoms with E-state index in [4.69, 9.17) is 10.5 Å². The maximum absolute atomic E-state index is 12.2. The largest absolute Gasteiger partial charge is 0.383 e. The molecule has 0 fully saturated rings. The number of nitrogens with two attached hydrogens (primary N) is 1. The van der Waals surface area contributed by atoms with Crippen LogP contribution in [0.25, 0.3) is 0 Å². The van der Waals surface area contributed by atoms with Gasteiger partial charge in [-0.15, -0.1) is 0 Å². The number of nitrogens with one attached hydrogen (secondary N) is 1. The predicted molar refractivity (Wildman–Crippen MR) is 73.0 cm³/mol. The van der Waals surface area contributed by atoms with Crippen molar-refractivity contribution in [2.75, 3.05) is 13.7 Å². The Bertz CT molecular complexity index is 485. The maximum atomic E-state index is 12.2. The summed E-state index contributed by atoms with van der Waals surface area (Å²) in [5.74, 6) is 0.123. The van der Waals surface area contributed by atoms with E-state index in [2.05, 4.69) is 9.71 Å². The van der Waals surface area contributed by atoms with Gasteiger partial charge < -0.3 is 10.5 Å². The minimum absolute atomic E-state index is 0.00791. The molecule has 1 rings (SSSR count). The quantitative estimate of drug-likeness (QED) is 0.761. The number of hydrogen-bond donors (Lipinski definition) is 2. The molecule has 6 nitrogen and oxygen atoms in total. The van der Waals surface area contributed by atoms with Gasteiger partial charge in [-0.1, -0.05) is 19.9 Å². The van der Waals surface area contributed by atoms with E-state index in [0.717, 1.165) is 5.56 Å². The molecular formula is C12H21N3O3S. The van der Waals surface area contributed by atoms with Crippen molar-refractivity contribution >= 4 is 10.0 Å². The SMILES string of the molecule is COCC(NS(=O)(=O)c1ccc(CN)cn1)C(C)C. The first kappa shape index (κ1) is 16.0. The zero-order valence-corrected chi connectivity index (χ0v) is 12.3. The van der Waals surface area contributed by atoms with Crippen LogP contribution in [0, 0.1) is 5.92 Å². The zero-order valence-electron chi connectivity index (χ0n) is 11.5. The normalized spacial score (nSPS) is 13.7. The lowest BCUT2D eigenvalue weighted by atomic mass is 10.1. The van der Waals surface area contributed by atoms with Crippen LogP contribution in [0.3, 0.4) is 0 Å². The second-order valence-electron chi connectivity index (χ2n) is 4.64. The number of rotatable bonds is 7. The van der Waals surface area contributed by atoms with Crippen molar-refractivity contribution in [1.82, 2.24) is 9.71 Å². The van der Waals surface area contributed by atoms with E-state index in [9.17, 15) is 8.42 Å². The Labute approximate surface area is 114 Å². The molecule has 0 saturated carbocycles. The summed E-state index contributed by atoms with van der Waals surface area (Å²) in [6, 6.07) is 2.82. The van der Waals surface area contributed by atoms with E-state index in [1.165, 1.54) is 19.4 Å². The number of nitrogens with zero attached hydrogens (tertiary/aromatic N) is 1. The molecule has 0 aromatic carbocycles. The molecule has 1 aromatic heterocycles. The molecule has 0 radical (unpaired) electrons. The summed E-state index contributed by atoms with van der Waals surface area (Å²) in [7, 11) is -2.09. The van der Waals surface area contributed by atoms with Crippen LogP contribution in [0.1, 0.15) is 19.4 Å². The van der Waals surface area contributed by atoms with Crippen LogP contribution >= 0.6 is 0 Å². The fourth-order valence-corrected chi connectivity index (χ4v) is 2.79. The van der Waals surface area contributed by atoms with E-state index in [1.54, 1.807) is 6.07 Å². The highest BCUT2D eigenvalue weighted by Crippen LogP contribution is 2.10. The molecule has 1 aromatic rings. The highest BCUT2D eigenvalue weighted by molar-refractivity contribution is 7.89. The molecular weight excluding hydrogens is 266 g/mol. The monoisotopic (exact) mass is 287 g/mol. The second kappa shape index (κ2) is 6.95. The van der Waals surface area contributed by atoms with Crippen LogP contribution in [0.4, 0.5) is 0 Å². The van der Waals surface area contributed by atoms with Gasteiger partial charge in [0.1, 0.15) is 0 Å². The van der Waals surface area contributed by atoms with Crippen LogP contribution in [0.2, 0.25) is 0 Å². The summed E-state index contributed by atoms with van der Waals surface area (Å²) in [5, 5.41) is -0.00791. The molecule has 0 aliphatic heterocycles. The van der Waals surface area contributed by atoms with Crippen molar-refractivity contribution in [3.8, 4) is 0 Å². The number of ether oxygens (including phenoxy) is 1. The maximum Gasteiger partial charge on any atom is 0.258 e. The lowest BCUT2D eigenvalue weighted by molar-refractivity contribution is 0.157.